The van der Waals surface area contributed by atoms with E-state index in [2.05, 4.69) is 10.3 Å². The van der Waals surface area contributed by atoms with E-state index < -0.39 is 17.8 Å². The molecule has 0 aliphatic rings. The third kappa shape index (κ3) is 3.79. The Bertz CT molecular complexity index is 685. The van der Waals surface area contributed by atoms with Gasteiger partial charge in [0.1, 0.15) is 0 Å². The molecule has 0 fully saturated rings. The minimum atomic E-state index is -4.57. The lowest BCUT2D eigenvalue weighted by Crippen LogP contribution is -2.14. The second-order valence-corrected chi connectivity index (χ2v) is 7.31. The van der Waals surface area contributed by atoms with Gasteiger partial charge in [0.15, 0.2) is 10.8 Å². The Kier molecular flexibility index (Phi) is 5.01. The number of alkyl halides is 3. The first-order chi connectivity index (χ1) is 9.70. The van der Waals surface area contributed by atoms with E-state index in [4.69, 9.17) is 23.2 Å². The smallest absolute Gasteiger partial charge is 0.298 e. The zero-order valence-electron chi connectivity index (χ0n) is 9.76. The molecule has 10 heteroatoms. The van der Waals surface area contributed by atoms with Crippen LogP contribution < -0.4 is 5.32 Å². The minimum Gasteiger partial charge on any atom is -0.298 e. The van der Waals surface area contributed by atoms with E-state index in [0.717, 1.165) is 0 Å². The molecule has 2 rings (SSSR count). The molecule has 2 aromatic rings. The molecule has 1 amide bonds. The van der Waals surface area contributed by atoms with Crippen LogP contribution in [0.25, 0.3) is 0 Å². The van der Waals surface area contributed by atoms with Crippen molar-refractivity contribution >= 4 is 68.2 Å². The first-order valence-electron chi connectivity index (χ1n) is 5.19. The predicted molar refractivity (Wildman–Crippen MR) is 84.2 cm³/mol. The molecule has 0 radical (unpaired) electrons. The molecule has 0 saturated heterocycles. The zero-order valence-corrected chi connectivity index (χ0v) is 14.2. The maximum Gasteiger partial charge on any atom is 0.435 e. The monoisotopic (exact) mass is 466 g/mol. The van der Waals surface area contributed by atoms with Gasteiger partial charge in [-0.25, -0.2) is 4.98 Å². The van der Waals surface area contributed by atoms with Crippen LogP contribution in [0.3, 0.4) is 0 Å². The Morgan fingerprint density at radius 2 is 1.86 bits per heavy atom. The van der Waals surface area contributed by atoms with E-state index >= 15 is 0 Å². The second kappa shape index (κ2) is 6.27. The van der Waals surface area contributed by atoms with Crippen LogP contribution in [0.5, 0.6) is 0 Å². The number of hydrogen-bond donors (Lipinski definition) is 1. The average molecular weight is 467 g/mol. The van der Waals surface area contributed by atoms with E-state index in [1.807, 2.05) is 0 Å². The summed E-state index contributed by atoms with van der Waals surface area (Å²) in [5, 5.41) is 2.29. The van der Waals surface area contributed by atoms with Crippen molar-refractivity contribution in [3.63, 3.8) is 0 Å². The quantitative estimate of drug-likeness (QED) is 0.608. The number of rotatable bonds is 2. The fraction of sp³-hybridized carbons (Fsp3) is 0.0909. The molecule has 1 aromatic carbocycles. The molecule has 112 valence electrons. The van der Waals surface area contributed by atoms with Crippen molar-refractivity contribution in [2.75, 3.05) is 5.32 Å². The third-order valence-electron chi connectivity index (χ3n) is 2.26. The Morgan fingerprint density at radius 1 is 1.29 bits per heavy atom. The summed E-state index contributed by atoms with van der Waals surface area (Å²) >= 11 is 13.9. The number of aromatic nitrogens is 1. The summed E-state index contributed by atoms with van der Waals surface area (Å²) in [7, 11) is 0. The minimum absolute atomic E-state index is 0.0143. The number of halogens is 6. The Hall–Kier alpha value is -0.580. The average Bonchev–Trinajstić information content (AvgIpc) is 2.69. The molecule has 1 N–H and O–H groups in total. The van der Waals surface area contributed by atoms with Crippen molar-refractivity contribution in [1.29, 1.82) is 0 Å². The fourth-order valence-electron chi connectivity index (χ4n) is 1.40. The number of nitrogens with one attached hydrogen (secondary N) is 1. The van der Waals surface area contributed by atoms with Crippen molar-refractivity contribution in [3.05, 3.63) is 42.4 Å². The van der Waals surface area contributed by atoms with Crippen molar-refractivity contribution in [3.8, 4) is 0 Å². The number of amides is 1. The standard InChI is InChI=1S/C11H4Cl2F3IN2OS/c12-4-2-1-3-5(13)6(4)9(20)19-10-18-7(8(17)21-10)11(14,15)16/h1-3H,(H,18,19,20). The first kappa shape index (κ1) is 16.8. The molecule has 3 nitrogen and oxygen atoms in total. The maximum atomic E-state index is 12.6. The first-order valence-corrected chi connectivity index (χ1v) is 7.84. The fourth-order valence-corrected chi connectivity index (χ4v) is 3.73. The number of thiazole rings is 1. The van der Waals surface area contributed by atoms with Crippen LogP contribution in [-0.2, 0) is 6.18 Å². The summed E-state index contributed by atoms with van der Waals surface area (Å²) in [6.45, 7) is 0. The van der Waals surface area contributed by atoms with Gasteiger partial charge < -0.3 is 0 Å². The van der Waals surface area contributed by atoms with E-state index in [-0.39, 0.29) is 23.6 Å². The third-order valence-corrected chi connectivity index (χ3v) is 4.83. The second-order valence-electron chi connectivity index (χ2n) is 3.69. The number of carbonyl (C=O) groups excluding carboxylic acids is 1. The van der Waals surface area contributed by atoms with Crippen LogP contribution >= 0.6 is 57.1 Å². The van der Waals surface area contributed by atoms with Gasteiger partial charge in [0.2, 0.25) is 0 Å². The van der Waals surface area contributed by atoms with Gasteiger partial charge in [-0.2, -0.15) is 13.2 Å². The van der Waals surface area contributed by atoms with E-state index in [9.17, 15) is 18.0 Å². The van der Waals surface area contributed by atoms with Gasteiger partial charge in [0.05, 0.1) is 18.5 Å². The predicted octanol–water partition coefficient (Wildman–Crippen LogP) is 5.33. The normalized spacial score (nSPS) is 11.5. The summed E-state index contributed by atoms with van der Waals surface area (Å²) in [6, 6.07) is 4.46. The Balaban J connectivity index is 2.29. The highest BCUT2D eigenvalue weighted by Crippen LogP contribution is 2.37. The van der Waals surface area contributed by atoms with Crippen molar-refractivity contribution in [2.45, 2.75) is 6.18 Å². The Labute approximate surface area is 144 Å². The largest absolute Gasteiger partial charge is 0.435 e. The summed E-state index contributed by atoms with van der Waals surface area (Å²) in [5.41, 5.74) is -1.05. The van der Waals surface area contributed by atoms with Gasteiger partial charge >= 0.3 is 6.18 Å². The highest BCUT2D eigenvalue weighted by atomic mass is 127. The summed E-state index contributed by atoms with van der Waals surface area (Å²) < 4.78 is 37.8. The van der Waals surface area contributed by atoms with Crippen LogP contribution in [-0.4, -0.2) is 10.9 Å². The summed E-state index contributed by atoms with van der Waals surface area (Å²) in [6.07, 6.45) is -4.57. The van der Waals surface area contributed by atoms with Crippen molar-refractivity contribution in [1.82, 2.24) is 4.98 Å². The van der Waals surface area contributed by atoms with Crippen molar-refractivity contribution < 1.29 is 18.0 Å². The molecule has 0 spiro atoms. The topological polar surface area (TPSA) is 42.0 Å². The van der Waals surface area contributed by atoms with Crippen LogP contribution in [0.1, 0.15) is 16.1 Å². The van der Waals surface area contributed by atoms with Crippen LogP contribution in [0, 0.1) is 2.88 Å². The number of hydrogen-bond acceptors (Lipinski definition) is 3. The SMILES string of the molecule is O=C(Nc1nc(C(F)(F)F)c(I)s1)c1c(Cl)cccc1Cl. The Morgan fingerprint density at radius 3 is 2.33 bits per heavy atom. The molecular formula is C11H4Cl2F3IN2OS. The molecule has 0 saturated carbocycles. The van der Waals surface area contributed by atoms with Gasteiger partial charge in [-0.05, 0) is 34.7 Å². The van der Waals surface area contributed by atoms with Gasteiger partial charge in [0.25, 0.3) is 5.91 Å². The molecular weight excluding hydrogens is 463 g/mol. The van der Waals surface area contributed by atoms with Crippen LogP contribution in [0.2, 0.25) is 10.0 Å². The summed E-state index contributed by atoms with van der Waals surface area (Å²) in [4.78, 5) is 15.4. The van der Waals surface area contributed by atoms with Crippen LogP contribution in [0.4, 0.5) is 18.3 Å². The molecule has 0 aliphatic carbocycles. The van der Waals surface area contributed by atoms with E-state index in [0.29, 0.717) is 11.3 Å². The van der Waals surface area contributed by atoms with Gasteiger partial charge in [-0.3, -0.25) is 10.1 Å². The maximum absolute atomic E-state index is 12.6. The molecule has 0 unspecified atom stereocenters. The molecule has 0 atom stereocenters. The lowest BCUT2D eigenvalue weighted by atomic mass is 10.2. The highest BCUT2D eigenvalue weighted by Gasteiger charge is 2.37. The van der Waals surface area contributed by atoms with E-state index in [1.165, 1.54) is 34.7 Å². The van der Waals surface area contributed by atoms with Gasteiger partial charge in [0, 0.05) is 0 Å². The van der Waals surface area contributed by atoms with Crippen LogP contribution in [0.15, 0.2) is 18.2 Å². The number of nitrogens with zero attached hydrogens (tertiary/aromatic N) is 1. The van der Waals surface area contributed by atoms with E-state index in [1.54, 1.807) is 6.07 Å². The molecule has 21 heavy (non-hydrogen) atoms. The van der Waals surface area contributed by atoms with Crippen molar-refractivity contribution in [2.24, 2.45) is 0 Å². The highest BCUT2D eigenvalue weighted by molar-refractivity contribution is 14.1. The lowest BCUT2D eigenvalue weighted by Gasteiger charge is -2.06. The molecule has 1 aromatic heterocycles. The number of anilines is 1. The van der Waals surface area contributed by atoms with Gasteiger partial charge in [-0.1, -0.05) is 40.6 Å². The number of benzene rings is 1. The summed E-state index contributed by atoms with van der Waals surface area (Å²) in [5.74, 6) is -0.718. The molecule has 1 heterocycles. The zero-order chi connectivity index (χ0) is 15.8. The lowest BCUT2D eigenvalue weighted by molar-refractivity contribution is -0.141. The molecule has 0 aliphatic heterocycles. The number of carbonyl (C=O) groups is 1. The molecule has 0 bridgehead atoms. The van der Waals surface area contributed by atoms with Gasteiger partial charge in [-0.15, -0.1) is 0 Å².